The van der Waals surface area contributed by atoms with Crippen LogP contribution in [0.15, 0.2) is 29.2 Å². The van der Waals surface area contributed by atoms with E-state index in [1.54, 1.807) is 15.3 Å². The number of nitrogens with two attached hydrogens (primary N) is 1. The number of nitrogens with zero attached hydrogens (tertiary/aromatic N) is 3. The predicted molar refractivity (Wildman–Crippen MR) is 65.6 cm³/mol. The number of hydrogen-bond donors (Lipinski definition) is 1. The first kappa shape index (κ1) is 11.6. The predicted octanol–water partition coefficient (Wildman–Crippen LogP) is 0.397. The molecule has 0 atom stereocenters. The molecule has 2 aromatic rings. The van der Waals surface area contributed by atoms with Gasteiger partial charge in [-0.3, -0.25) is 9.48 Å². The van der Waals surface area contributed by atoms with E-state index in [9.17, 15) is 4.79 Å². The number of rotatable bonds is 3. The van der Waals surface area contributed by atoms with Crippen molar-refractivity contribution in [3.05, 3.63) is 51.7 Å². The summed E-state index contributed by atoms with van der Waals surface area (Å²) in [5.41, 5.74) is 7.92. The first-order chi connectivity index (χ1) is 8.11. The molecule has 0 saturated carbocycles. The summed E-state index contributed by atoms with van der Waals surface area (Å²) in [6.45, 7) is 2.66. The summed E-state index contributed by atoms with van der Waals surface area (Å²) in [5.74, 6) is 0. The van der Waals surface area contributed by atoms with Crippen LogP contribution < -0.4 is 11.3 Å². The van der Waals surface area contributed by atoms with Crippen LogP contribution in [0.4, 0.5) is 0 Å². The molecule has 0 fully saturated rings. The number of aryl methyl sites for hydroxylation is 2. The largest absolute Gasteiger partial charge is 0.326 e. The van der Waals surface area contributed by atoms with Gasteiger partial charge in [0.15, 0.2) is 0 Å². The topological polar surface area (TPSA) is 65.8 Å². The van der Waals surface area contributed by atoms with Gasteiger partial charge in [0.2, 0.25) is 0 Å². The van der Waals surface area contributed by atoms with Gasteiger partial charge in [0.25, 0.3) is 5.56 Å². The Kier molecular flexibility index (Phi) is 3.10. The number of aromatic nitrogens is 3. The van der Waals surface area contributed by atoms with Crippen molar-refractivity contribution in [1.29, 1.82) is 0 Å². The maximum Gasteiger partial charge on any atom is 0.255 e. The van der Waals surface area contributed by atoms with Gasteiger partial charge in [-0.2, -0.15) is 5.10 Å². The first-order valence-corrected chi connectivity index (χ1v) is 5.49. The first-order valence-electron chi connectivity index (χ1n) is 5.49. The molecule has 0 unspecified atom stereocenters. The van der Waals surface area contributed by atoms with Crippen molar-refractivity contribution in [2.24, 2.45) is 12.8 Å². The lowest BCUT2D eigenvalue weighted by Gasteiger charge is -2.09. The third-order valence-electron chi connectivity index (χ3n) is 2.78. The molecule has 2 heterocycles. The van der Waals surface area contributed by atoms with Gasteiger partial charge in [-0.15, -0.1) is 0 Å². The Hall–Kier alpha value is -1.88. The Bertz CT molecular complexity index is 582. The molecule has 5 nitrogen and oxygen atoms in total. The van der Waals surface area contributed by atoms with Crippen molar-refractivity contribution < 1.29 is 0 Å². The Labute approximate surface area is 99.5 Å². The second kappa shape index (κ2) is 4.55. The molecule has 0 spiro atoms. The summed E-state index contributed by atoms with van der Waals surface area (Å²) < 4.78 is 3.42. The quantitative estimate of drug-likeness (QED) is 0.833. The van der Waals surface area contributed by atoms with E-state index in [4.69, 9.17) is 5.73 Å². The molecule has 2 N–H and O–H groups in total. The van der Waals surface area contributed by atoms with Gasteiger partial charge in [0.1, 0.15) is 0 Å². The van der Waals surface area contributed by atoms with Gasteiger partial charge in [0.05, 0.1) is 12.2 Å². The highest BCUT2D eigenvalue weighted by Gasteiger charge is 2.07. The molecule has 0 bridgehead atoms. The summed E-state index contributed by atoms with van der Waals surface area (Å²) in [6.07, 6.45) is 1.86. The van der Waals surface area contributed by atoms with Gasteiger partial charge >= 0.3 is 0 Å². The average molecular weight is 232 g/mol. The normalized spacial score (nSPS) is 10.8. The van der Waals surface area contributed by atoms with Crippen LogP contribution in [0.2, 0.25) is 0 Å². The third kappa shape index (κ3) is 2.29. The van der Waals surface area contributed by atoms with Crippen molar-refractivity contribution in [1.82, 2.24) is 14.3 Å². The molecule has 2 aromatic heterocycles. The van der Waals surface area contributed by atoms with Crippen LogP contribution in [0, 0.1) is 6.92 Å². The van der Waals surface area contributed by atoms with Crippen LogP contribution in [0.1, 0.15) is 17.0 Å². The van der Waals surface area contributed by atoms with Crippen LogP contribution >= 0.6 is 0 Å². The fourth-order valence-corrected chi connectivity index (χ4v) is 1.78. The van der Waals surface area contributed by atoms with E-state index in [1.165, 1.54) is 0 Å². The van der Waals surface area contributed by atoms with Crippen molar-refractivity contribution >= 4 is 0 Å². The standard InChI is InChI=1S/C12H16N4O/c1-9-3-4-10(7-13)12(17)16(9)8-11-5-6-15(2)14-11/h3-6H,7-8,13H2,1-2H3. The Morgan fingerprint density at radius 2 is 2.12 bits per heavy atom. The molecule has 0 aromatic carbocycles. The Morgan fingerprint density at radius 1 is 1.35 bits per heavy atom. The van der Waals surface area contributed by atoms with Gasteiger partial charge in [-0.05, 0) is 19.1 Å². The zero-order valence-corrected chi connectivity index (χ0v) is 10.1. The van der Waals surface area contributed by atoms with Crippen LogP contribution in [0.5, 0.6) is 0 Å². The molecule has 0 aliphatic carbocycles. The monoisotopic (exact) mass is 232 g/mol. The average Bonchev–Trinajstić information content (AvgIpc) is 2.70. The SMILES string of the molecule is Cc1ccc(CN)c(=O)n1Cc1ccn(C)n1. The fourth-order valence-electron chi connectivity index (χ4n) is 1.78. The zero-order chi connectivity index (χ0) is 12.4. The highest BCUT2D eigenvalue weighted by molar-refractivity contribution is 5.16. The minimum Gasteiger partial charge on any atom is -0.326 e. The molecule has 0 saturated heterocycles. The third-order valence-corrected chi connectivity index (χ3v) is 2.78. The lowest BCUT2D eigenvalue weighted by Crippen LogP contribution is -2.27. The number of hydrogen-bond acceptors (Lipinski definition) is 3. The molecular formula is C12H16N4O. The smallest absolute Gasteiger partial charge is 0.255 e. The molecule has 17 heavy (non-hydrogen) atoms. The van der Waals surface area contributed by atoms with Gasteiger partial charge < -0.3 is 10.3 Å². The molecule has 0 radical (unpaired) electrons. The molecule has 0 aliphatic rings. The molecule has 5 heteroatoms. The molecule has 90 valence electrons. The maximum absolute atomic E-state index is 12.1. The summed E-state index contributed by atoms with van der Waals surface area (Å²) in [4.78, 5) is 12.1. The van der Waals surface area contributed by atoms with E-state index >= 15 is 0 Å². The number of pyridine rings is 1. The molecule has 0 amide bonds. The second-order valence-electron chi connectivity index (χ2n) is 4.08. The van der Waals surface area contributed by atoms with Crippen molar-refractivity contribution in [2.45, 2.75) is 20.0 Å². The molecule has 2 rings (SSSR count). The second-order valence-corrected chi connectivity index (χ2v) is 4.08. The Balaban J connectivity index is 2.41. The highest BCUT2D eigenvalue weighted by atomic mass is 16.1. The Morgan fingerprint density at radius 3 is 2.71 bits per heavy atom. The highest BCUT2D eigenvalue weighted by Crippen LogP contribution is 2.02. The van der Waals surface area contributed by atoms with Crippen molar-refractivity contribution in [3.63, 3.8) is 0 Å². The summed E-state index contributed by atoms with van der Waals surface area (Å²) in [7, 11) is 1.86. The minimum atomic E-state index is -0.0295. The lowest BCUT2D eigenvalue weighted by atomic mass is 10.2. The lowest BCUT2D eigenvalue weighted by molar-refractivity contribution is 0.671. The van der Waals surface area contributed by atoms with E-state index in [0.717, 1.165) is 11.4 Å². The van der Waals surface area contributed by atoms with Crippen molar-refractivity contribution in [3.8, 4) is 0 Å². The van der Waals surface area contributed by atoms with Gasteiger partial charge in [0, 0.05) is 31.0 Å². The van der Waals surface area contributed by atoms with E-state index < -0.39 is 0 Å². The van der Waals surface area contributed by atoms with Crippen LogP contribution in [-0.2, 0) is 20.1 Å². The fraction of sp³-hybridized carbons (Fsp3) is 0.333. The van der Waals surface area contributed by atoms with Crippen molar-refractivity contribution in [2.75, 3.05) is 0 Å². The van der Waals surface area contributed by atoms with Gasteiger partial charge in [-0.1, -0.05) is 6.07 Å². The maximum atomic E-state index is 12.1. The minimum absolute atomic E-state index is 0.0295. The molecular weight excluding hydrogens is 216 g/mol. The zero-order valence-electron chi connectivity index (χ0n) is 10.1. The summed E-state index contributed by atoms with van der Waals surface area (Å²) in [6, 6.07) is 5.60. The van der Waals surface area contributed by atoms with E-state index in [2.05, 4.69) is 5.10 Å². The molecule has 0 aliphatic heterocycles. The van der Waals surface area contributed by atoms with Crippen LogP contribution in [-0.4, -0.2) is 14.3 Å². The van der Waals surface area contributed by atoms with Crippen LogP contribution in [0.25, 0.3) is 0 Å². The van der Waals surface area contributed by atoms with E-state index in [-0.39, 0.29) is 12.1 Å². The summed E-state index contributed by atoms with van der Waals surface area (Å²) in [5, 5.41) is 4.27. The summed E-state index contributed by atoms with van der Waals surface area (Å²) >= 11 is 0. The van der Waals surface area contributed by atoms with E-state index in [0.29, 0.717) is 12.1 Å². The van der Waals surface area contributed by atoms with E-state index in [1.807, 2.05) is 32.3 Å². The van der Waals surface area contributed by atoms with Crippen LogP contribution in [0.3, 0.4) is 0 Å². The van der Waals surface area contributed by atoms with Gasteiger partial charge in [-0.25, -0.2) is 0 Å².